The van der Waals surface area contributed by atoms with Gasteiger partial charge in [0.1, 0.15) is 5.76 Å². The van der Waals surface area contributed by atoms with Crippen molar-refractivity contribution in [3.8, 4) is 0 Å². The van der Waals surface area contributed by atoms with Gasteiger partial charge in [0.15, 0.2) is 5.78 Å². The van der Waals surface area contributed by atoms with Gasteiger partial charge in [-0.25, -0.2) is 4.79 Å². The lowest BCUT2D eigenvalue weighted by atomic mass is 9.74. The summed E-state index contributed by atoms with van der Waals surface area (Å²) in [5.74, 6) is -0.471. The van der Waals surface area contributed by atoms with Gasteiger partial charge in [-0.1, -0.05) is 43.7 Å². The number of hydrogen-bond acceptors (Lipinski definition) is 5. The van der Waals surface area contributed by atoms with Crippen LogP contribution in [0, 0.1) is 29.4 Å². The highest BCUT2D eigenvalue weighted by molar-refractivity contribution is 6.23. The molecule has 6 nitrogen and oxygen atoms in total. The number of carbonyl (C=O) groups excluding carboxylic acids is 2. The van der Waals surface area contributed by atoms with E-state index in [-0.39, 0.29) is 22.4 Å². The molecule has 2 aromatic carbocycles. The van der Waals surface area contributed by atoms with Crippen LogP contribution in [-0.2, 0) is 9.53 Å². The fourth-order valence-electron chi connectivity index (χ4n) is 3.66. The molecule has 0 fully saturated rings. The standard InChI is InChI=1S/C23H23NO5/c1-14-8-9-18(15(2)10-14)21-19(25)12-23(3,4)13-20(21)29-22(26)16-6-5-7-17(11-16)24(27)28/h5-11H,12-13H2,1-4H3. The van der Waals surface area contributed by atoms with Crippen LogP contribution in [0.2, 0.25) is 0 Å². The molecule has 2 aromatic rings. The molecular weight excluding hydrogens is 370 g/mol. The zero-order valence-corrected chi connectivity index (χ0v) is 16.9. The highest BCUT2D eigenvalue weighted by Gasteiger charge is 2.36. The molecule has 0 spiro atoms. The van der Waals surface area contributed by atoms with E-state index in [0.29, 0.717) is 24.2 Å². The van der Waals surface area contributed by atoms with Crippen molar-refractivity contribution in [2.75, 3.05) is 0 Å². The first-order valence-electron chi connectivity index (χ1n) is 9.38. The Morgan fingerprint density at radius 1 is 1.10 bits per heavy atom. The summed E-state index contributed by atoms with van der Waals surface area (Å²) in [6.07, 6.45) is 0.773. The van der Waals surface area contributed by atoms with E-state index in [1.165, 1.54) is 24.3 Å². The molecule has 0 amide bonds. The van der Waals surface area contributed by atoms with Gasteiger partial charge in [-0.2, -0.15) is 0 Å². The van der Waals surface area contributed by atoms with Gasteiger partial charge in [0.25, 0.3) is 5.69 Å². The monoisotopic (exact) mass is 393 g/mol. The molecule has 3 rings (SSSR count). The van der Waals surface area contributed by atoms with Crippen molar-refractivity contribution >= 4 is 23.0 Å². The molecule has 1 aliphatic rings. The third kappa shape index (κ3) is 4.42. The maximum Gasteiger partial charge on any atom is 0.343 e. The van der Waals surface area contributed by atoms with E-state index in [0.717, 1.165) is 16.7 Å². The first-order valence-corrected chi connectivity index (χ1v) is 9.38. The third-order valence-corrected chi connectivity index (χ3v) is 5.00. The van der Waals surface area contributed by atoms with Gasteiger partial charge in [-0.3, -0.25) is 14.9 Å². The molecule has 0 aromatic heterocycles. The molecule has 150 valence electrons. The Hall–Kier alpha value is -3.28. The lowest BCUT2D eigenvalue weighted by Gasteiger charge is -2.32. The van der Waals surface area contributed by atoms with E-state index >= 15 is 0 Å². The van der Waals surface area contributed by atoms with Crippen LogP contribution >= 0.6 is 0 Å². The Morgan fingerprint density at radius 2 is 1.83 bits per heavy atom. The van der Waals surface area contributed by atoms with Crippen LogP contribution < -0.4 is 0 Å². The molecule has 1 aliphatic carbocycles. The van der Waals surface area contributed by atoms with Crippen molar-refractivity contribution in [3.05, 3.63) is 80.6 Å². The maximum atomic E-state index is 13.0. The van der Waals surface area contributed by atoms with E-state index in [1.54, 1.807) is 0 Å². The SMILES string of the molecule is Cc1ccc(C2=C(OC(=O)c3cccc([N+](=O)[O-])c3)CC(C)(C)CC2=O)c(C)c1. The number of benzene rings is 2. The van der Waals surface area contributed by atoms with Crippen LogP contribution in [0.15, 0.2) is 48.2 Å². The topological polar surface area (TPSA) is 86.5 Å². The second kappa shape index (κ2) is 7.62. The number of allylic oxidation sites excluding steroid dienone is 2. The Kier molecular flexibility index (Phi) is 5.38. The van der Waals surface area contributed by atoms with Gasteiger partial charge in [0.2, 0.25) is 0 Å². The summed E-state index contributed by atoms with van der Waals surface area (Å²) in [6, 6.07) is 11.2. The minimum atomic E-state index is -0.712. The number of carbonyl (C=O) groups is 2. The molecular formula is C23H23NO5. The van der Waals surface area contributed by atoms with Gasteiger partial charge < -0.3 is 4.74 Å². The number of nitro benzene ring substituents is 1. The number of nitrogens with zero attached hydrogens (tertiary/aromatic N) is 1. The number of non-ortho nitro benzene ring substituents is 1. The normalized spacial score (nSPS) is 15.9. The third-order valence-electron chi connectivity index (χ3n) is 5.00. The number of rotatable bonds is 4. The number of hydrogen-bond donors (Lipinski definition) is 0. The second-order valence-electron chi connectivity index (χ2n) is 8.25. The number of ether oxygens (including phenoxy) is 1. The van der Waals surface area contributed by atoms with Gasteiger partial charge in [-0.15, -0.1) is 0 Å². The molecule has 0 aliphatic heterocycles. The van der Waals surface area contributed by atoms with Gasteiger partial charge in [0.05, 0.1) is 16.1 Å². The highest BCUT2D eigenvalue weighted by atomic mass is 16.6. The fraction of sp³-hybridized carbons (Fsp3) is 0.304. The number of ketones is 1. The summed E-state index contributed by atoms with van der Waals surface area (Å²) < 4.78 is 5.67. The molecule has 0 radical (unpaired) electrons. The quantitative estimate of drug-likeness (QED) is 0.406. The maximum absolute atomic E-state index is 13.0. The van der Waals surface area contributed by atoms with Crippen LogP contribution in [0.5, 0.6) is 0 Å². The summed E-state index contributed by atoms with van der Waals surface area (Å²) in [7, 11) is 0. The zero-order chi connectivity index (χ0) is 21.3. The molecule has 0 unspecified atom stereocenters. The van der Waals surface area contributed by atoms with Crippen molar-refractivity contribution in [2.45, 2.75) is 40.5 Å². The summed E-state index contributed by atoms with van der Waals surface area (Å²) >= 11 is 0. The van der Waals surface area contributed by atoms with E-state index < -0.39 is 10.9 Å². The van der Waals surface area contributed by atoms with Crippen LogP contribution in [-0.4, -0.2) is 16.7 Å². The van der Waals surface area contributed by atoms with Crippen molar-refractivity contribution in [1.29, 1.82) is 0 Å². The Balaban J connectivity index is 2.06. The minimum Gasteiger partial charge on any atom is -0.427 e. The second-order valence-corrected chi connectivity index (χ2v) is 8.25. The summed E-state index contributed by atoms with van der Waals surface area (Å²) in [6.45, 7) is 7.79. The average Bonchev–Trinajstić information content (AvgIpc) is 2.62. The summed E-state index contributed by atoms with van der Waals surface area (Å²) in [4.78, 5) is 36.1. The van der Waals surface area contributed by atoms with E-state index in [1.807, 2.05) is 45.9 Å². The first-order chi connectivity index (χ1) is 13.6. The van der Waals surface area contributed by atoms with Crippen LogP contribution in [0.4, 0.5) is 5.69 Å². The molecule has 0 saturated carbocycles. The molecule has 0 atom stereocenters. The fourth-order valence-corrected chi connectivity index (χ4v) is 3.66. The van der Waals surface area contributed by atoms with Gasteiger partial charge in [-0.05, 0) is 36.5 Å². The lowest BCUT2D eigenvalue weighted by Crippen LogP contribution is -2.27. The average molecular weight is 393 g/mol. The molecule has 0 N–H and O–H groups in total. The largest absolute Gasteiger partial charge is 0.427 e. The van der Waals surface area contributed by atoms with Crippen LogP contribution in [0.1, 0.15) is 53.7 Å². The number of aryl methyl sites for hydroxylation is 2. The molecule has 6 heteroatoms. The van der Waals surface area contributed by atoms with Crippen LogP contribution in [0.25, 0.3) is 5.57 Å². The van der Waals surface area contributed by atoms with Gasteiger partial charge in [0, 0.05) is 25.0 Å². The smallest absolute Gasteiger partial charge is 0.343 e. The van der Waals surface area contributed by atoms with E-state index in [9.17, 15) is 19.7 Å². The van der Waals surface area contributed by atoms with Crippen molar-refractivity contribution in [1.82, 2.24) is 0 Å². The predicted octanol–water partition coefficient (Wildman–Crippen LogP) is 5.17. The minimum absolute atomic E-state index is 0.0718. The first kappa shape index (κ1) is 20.5. The molecule has 0 heterocycles. The van der Waals surface area contributed by atoms with Crippen LogP contribution in [0.3, 0.4) is 0 Å². The van der Waals surface area contributed by atoms with E-state index in [2.05, 4.69) is 0 Å². The lowest BCUT2D eigenvalue weighted by molar-refractivity contribution is -0.384. The number of esters is 1. The Bertz CT molecular complexity index is 1050. The van der Waals surface area contributed by atoms with Crippen molar-refractivity contribution in [3.63, 3.8) is 0 Å². The molecule has 29 heavy (non-hydrogen) atoms. The van der Waals surface area contributed by atoms with Gasteiger partial charge >= 0.3 is 5.97 Å². The Labute approximate surface area is 169 Å². The predicted molar refractivity (Wildman–Crippen MR) is 109 cm³/mol. The number of nitro groups is 1. The summed E-state index contributed by atoms with van der Waals surface area (Å²) in [5.41, 5.74) is 2.70. The molecule has 0 bridgehead atoms. The molecule has 0 saturated heterocycles. The Morgan fingerprint density at radius 3 is 2.48 bits per heavy atom. The highest BCUT2D eigenvalue weighted by Crippen LogP contribution is 2.42. The zero-order valence-electron chi connectivity index (χ0n) is 16.9. The van der Waals surface area contributed by atoms with Crippen molar-refractivity contribution in [2.24, 2.45) is 5.41 Å². The number of Topliss-reactive ketones (excluding diaryl/α,β-unsaturated/α-hetero) is 1. The summed E-state index contributed by atoms with van der Waals surface area (Å²) in [5, 5.41) is 11.0. The van der Waals surface area contributed by atoms with Crippen molar-refractivity contribution < 1.29 is 19.2 Å². The van der Waals surface area contributed by atoms with E-state index in [4.69, 9.17) is 4.74 Å².